The van der Waals surface area contributed by atoms with E-state index in [1.54, 1.807) is 5.51 Å². The van der Waals surface area contributed by atoms with Gasteiger partial charge in [-0.25, -0.2) is 4.98 Å². The number of aromatic nitrogens is 1. The van der Waals surface area contributed by atoms with E-state index in [-0.39, 0.29) is 11.3 Å². The first-order chi connectivity index (χ1) is 8.51. The Balaban J connectivity index is 2.03. The van der Waals surface area contributed by atoms with Crippen molar-refractivity contribution in [2.45, 2.75) is 19.8 Å². The third-order valence-electron chi connectivity index (χ3n) is 3.30. The Labute approximate surface area is 122 Å². The lowest BCUT2D eigenvalue weighted by Gasteiger charge is -2.13. The van der Waals surface area contributed by atoms with E-state index in [4.69, 9.17) is 11.6 Å². The molecule has 0 saturated heterocycles. The molecule has 0 radical (unpaired) electrons. The molecule has 3 nitrogen and oxygen atoms in total. The fourth-order valence-electron chi connectivity index (χ4n) is 1.73. The summed E-state index contributed by atoms with van der Waals surface area (Å²) in [5.41, 5.74) is 3.02. The van der Waals surface area contributed by atoms with Crippen LogP contribution in [-0.4, -0.2) is 10.9 Å². The molecule has 1 saturated carbocycles. The van der Waals surface area contributed by atoms with Crippen LogP contribution in [0.3, 0.4) is 0 Å². The van der Waals surface area contributed by atoms with E-state index in [0.29, 0.717) is 10.7 Å². The van der Waals surface area contributed by atoms with Crippen LogP contribution in [-0.2, 0) is 4.79 Å². The molecule has 0 spiro atoms. The Morgan fingerprint density at radius 3 is 3.00 bits per heavy atom. The van der Waals surface area contributed by atoms with E-state index >= 15 is 0 Å². The maximum Gasteiger partial charge on any atom is 0.230 e. The minimum absolute atomic E-state index is 0.0361. The van der Waals surface area contributed by atoms with Crippen LogP contribution in [0.25, 0.3) is 10.2 Å². The molecule has 2 aromatic rings. The number of anilines is 1. The number of nitrogens with zero attached hydrogens (tertiary/aromatic N) is 1. The quantitative estimate of drug-likeness (QED) is 0.873. The number of hydrogen-bond acceptors (Lipinski definition) is 3. The van der Waals surface area contributed by atoms with Crippen molar-refractivity contribution < 1.29 is 4.79 Å². The predicted octanol–water partition coefficient (Wildman–Crippen LogP) is 4.45. The standard InChI is InChI=1S/C12H10BrClN2OS/c1-12(2-3-12)11(17)16-9-6(13)4-7-10(8(9)14)18-5-15-7/h4-5H,2-3H2,1H3,(H,16,17). The first-order valence-corrected chi connectivity index (χ1v) is 7.59. The third kappa shape index (κ3) is 1.94. The second-order valence-electron chi connectivity index (χ2n) is 4.76. The summed E-state index contributed by atoms with van der Waals surface area (Å²) in [4.78, 5) is 16.3. The molecule has 6 heteroatoms. The highest BCUT2D eigenvalue weighted by Gasteiger charge is 2.45. The van der Waals surface area contributed by atoms with Crippen LogP contribution in [0.15, 0.2) is 16.0 Å². The summed E-state index contributed by atoms with van der Waals surface area (Å²) in [5.74, 6) is 0.0361. The Hall–Kier alpha value is -0.650. The molecule has 1 aromatic heterocycles. The van der Waals surface area contributed by atoms with E-state index in [1.807, 2.05) is 13.0 Å². The van der Waals surface area contributed by atoms with Gasteiger partial charge in [-0.2, -0.15) is 0 Å². The molecule has 18 heavy (non-hydrogen) atoms. The second-order valence-corrected chi connectivity index (χ2v) is 6.85. The molecule has 1 fully saturated rings. The number of thiazole rings is 1. The topological polar surface area (TPSA) is 42.0 Å². The van der Waals surface area contributed by atoms with Gasteiger partial charge in [-0.1, -0.05) is 18.5 Å². The minimum Gasteiger partial charge on any atom is -0.323 e. The van der Waals surface area contributed by atoms with Crippen molar-refractivity contribution in [3.05, 3.63) is 21.1 Å². The first kappa shape index (κ1) is 12.4. The van der Waals surface area contributed by atoms with E-state index in [2.05, 4.69) is 26.2 Å². The lowest BCUT2D eigenvalue weighted by molar-refractivity contribution is -0.120. The number of nitrogens with one attached hydrogen (secondary N) is 1. The van der Waals surface area contributed by atoms with Gasteiger partial charge in [0.15, 0.2) is 0 Å². The number of benzene rings is 1. The van der Waals surface area contributed by atoms with E-state index in [1.165, 1.54) is 11.3 Å². The van der Waals surface area contributed by atoms with Crippen molar-refractivity contribution in [2.75, 3.05) is 5.32 Å². The van der Waals surface area contributed by atoms with Crippen LogP contribution >= 0.6 is 38.9 Å². The van der Waals surface area contributed by atoms with Gasteiger partial charge >= 0.3 is 0 Å². The molecular formula is C12H10BrClN2OS. The molecule has 1 aromatic carbocycles. The Morgan fingerprint density at radius 1 is 1.61 bits per heavy atom. The van der Waals surface area contributed by atoms with Gasteiger partial charge in [-0.15, -0.1) is 11.3 Å². The highest BCUT2D eigenvalue weighted by Crippen LogP contribution is 2.47. The number of hydrogen-bond donors (Lipinski definition) is 1. The van der Waals surface area contributed by atoms with Crippen LogP contribution in [0.4, 0.5) is 5.69 Å². The van der Waals surface area contributed by atoms with Crippen LogP contribution in [0.1, 0.15) is 19.8 Å². The van der Waals surface area contributed by atoms with Gasteiger partial charge in [-0.05, 0) is 34.8 Å². The number of carbonyl (C=O) groups is 1. The summed E-state index contributed by atoms with van der Waals surface area (Å²) in [7, 11) is 0. The van der Waals surface area contributed by atoms with Crippen LogP contribution in [0.2, 0.25) is 5.02 Å². The lowest BCUT2D eigenvalue weighted by atomic mass is 10.1. The van der Waals surface area contributed by atoms with Gasteiger partial charge in [0.2, 0.25) is 5.91 Å². The van der Waals surface area contributed by atoms with Crippen LogP contribution < -0.4 is 5.32 Å². The maximum atomic E-state index is 12.1. The molecule has 0 bridgehead atoms. The van der Waals surface area contributed by atoms with Crippen LogP contribution in [0.5, 0.6) is 0 Å². The van der Waals surface area contributed by atoms with Crippen molar-refractivity contribution in [3.63, 3.8) is 0 Å². The number of amides is 1. The second kappa shape index (κ2) is 4.18. The largest absolute Gasteiger partial charge is 0.323 e. The lowest BCUT2D eigenvalue weighted by Crippen LogP contribution is -2.21. The van der Waals surface area contributed by atoms with E-state index in [0.717, 1.165) is 27.5 Å². The predicted molar refractivity (Wildman–Crippen MR) is 78.3 cm³/mol. The van der Waals surface area contributed by atoms with Gasteiger partial charge in [0.05, 0.1) is 26.4 Å². The highest BCUT2D eigenvalue weighted by atomic mass is 79.9. The van der Waals surface area contributed by atoms with Crippen molar-refractivity contribution >= 4 is 60.7 Å². The molecule has 0 unspecified atom stereocenters. The van der Waals surface area contributed by atoms with Crippen molar-refractivity contribution in [1.82, 2.24) is 4.98 Å². The Kier molecular flexibility index (Phi) is 2.88. The van der Waals surface area contributed by atoms with Gasteiger partial charge < -0.3 is 5.32 Å². The van der Waals surface area contributed by atoms with Crippen molar-refractivity contribution in [1.29, 1.82) is 0 Å². The van der Waals surface area contributed by atoms with Crippen LogP contribution in [0, 0.1) is 5.41 Å². The zero-order chi connectivity index (χ0) is 12.9. The first-order valence-electron chi connectivity index (χ1n) is 5.54. The molecule has 3 rings (SSSR count). The maximum absolute atomic E-state index is 12.1. The Bertz CT molecular complexity index is 651. The fourth-order valence-corrected chi connectivity index (χ4v) is 3.44. The summed E-state index contributed by atoms with van der Waals surface area (Å²) >= 11 is 11.2. The number of halogens is 2. The third-order valence-corrected chi connectivity index (χ3v) is 5.28. The summed E-state index contributed by atoms with van der Waals surface area (Å²) in [6, 6.07) is 1.88. The summed E-state index contributed by atoms with van der Waals surface area (Å²) in [6.07, 6.45) is 1.88. The summed E-state index contributed by atoms with van der Waals surface area (Å²) in [6.45, 7) is 1.97. The number of carbonyl (C=O) groups excluding carboxylic acids is 1. The van der Waals surface area contributed by atoms with E-state index < -0.39 is 0 Å². The van der Waals surface area contributed by atoms with Gasteiger partial charge in [0.25, 0.3) is 0 Å². The van der Waals surface area contributed by atoms with Gasteiger partial charge in [-0.3, -0.25) is 4.79 Å². The van der Waals surface area contributed by atoms with Gasteiger partial charge in [0.1, 0.15) is 0 Å². The zero-order valence-electron chi connectivity index (χ0n) is 9.59. The fraction of sp³-hybridized carbons (Fsp3) is 0.333. The molecule has 0 atom stereocenters. The molecular weight excluding hydrogens is 336 g/mol. The zero-order valence-corrected chi connectivity index (χ0v) is 12.7. The summed E-state index contributed by atoms with van der Waals surface area (Å²) in [5, 5.41) is 3.48. The molecule has 1 amide bonds. The average Bonchev–Trinajstić information content (AvgIpc) is 2.90. The van der Waals surface area contributed by atoms with Crippen molar-refractivity contribution in [3.8, 4) is 0 Å². The number of rotatable bonds is 2. The molecule has 1 heterocycles. The average molecular weight is 346 g/mol. The Morgan fingerprint density at radius 2 is 2.33 bits per heavy atom. The minimum atomic E-state index is -0.217. The normalized spacial score (nSPS) is 16.8. The molecule has 1 aliphatic rings. The molecule has 0 aliphatic heterocycles. The highest BCUT2D eigenvalue weighted by molar-refractivity contribution is 9.10. The SMILES string of the molecule is CC1(C(=O)Nc2c(Br)cc3ncsc3c2Cl)CC1. The molecule has 1 aliphatic carbocycles. The molecule has 94 valence electrons. The smallest absolute Gasteiger partial charge is 0.230 e. The summed E-state index contributed by atoms with van der Waals surface area (Å²) < 4.78 is 1.67. The van der Waals surface area contributed by atoms with Crippen molar-refractivity contribution in [2.24, 2.45) is 5.41 Å². The molecule has 1 N–H and O–H groups in total. The monoisotopic (exact) mass is 344 g/mol. The van der Waals surface area contributed by atoms with E-state index in [9.17, 15) is 4.79 Å². The number of fused-ring (bicyclic) bond motifs is 1. The van der Waals surface area contributed by atoms with Gasteiger partial charge in [0, 0.05) is 9.89 Å².